The van der Waals surface area contributed by atoms with E-state index in [1.807, 2.05) is 13.8 Å². The predicted molar refractivity (Wildman–Crippen MR) is 69.7 cm³/mol. The fourth-order valence-corrected chi connectivity index (χ4v) is 2.46. The molecule has 0 aliphatic heterocycles. The molecule has 2 atom stereocenters. The van der Waals surface area contributed by atoms with Gasteiger partial charge in [0.1, 0.15) is 5.41 Å². The Bertz CT molecular complexity index is 451. The van der Waals surface area contributed by atoms with Crippen molar-refractivity contribution in [3.05, 3.63) is 11.7 Å². The topological polar surface area (TPSA) is 65.2 Å². The summed E-state index contributed by atoms with van der Waals surface area (Å²) < 4.78 is 10.6. The Morgan fingerprint density at radius 3 is 2.53 bits per heavy atom. The molecule has 1 saturated carbocycles. The third kappa shape index (κ3) is 2.38. The van der Waals surface area contributed by atoms with Gasteiger partial charge < -0.3 is 9.26 Å². The van der Waals surface area contributed by atoms with E-state index in [9.17, 15) is 4.79 Å². The zero-order chi connectivity index (χ0) is 14.0. The number of esters is 1. The van der Waals surface area contributed by atoms with E-state index in [1.165, 1.54) is 0 Å². The number of ether oxygens (including phenoxy) is 1. The highest BCUT2D eigenvalue weighted by molar-refractivity contribution is 5.81. The molecule has 1 fully saturated rings. The van der Waals surface area contributed by atoms with E-state index < -0.39 is 5.41 Å². The smallest absolute Gasteiger partial charge is 0.321 e. The first-order valence-electron chi connectivity index (χ1n) is 7.10. The molecule has 0 radical (unpaired) electrons. The van der Waals surface area contributed by atoms with E-state index in [1.54, 1.807) is 6.92 Å². The van der Waals surface area contributed by atoms with Gasteiger partial charge >= 0.3 is 5.97 Å². The third-order valence-electron chi connectivity index (χ3n) is 4.17. The van der Waals surface area contributed by atoms with Crippen molar-refractivity contribution in [2.45, 2.75) is 58.3 Å². The standard InChI is InChI=1S/C14H22N2O3/c1-5-14(6-2,13(17)18-7-3)12-15-11(16-19-12)10-8-9(10)4/h9-10H,5-8H2,1-4H3. The van der Waals surface area contributed by atoms with Crippen LogP contribution >= 0.6 is 0 Å². The Morgan fingerprint density at radius 1 is 1.42 bits per heavy atom. The first-order chi connectivity index (χ1) is 9.08. The molecule has 0 N–H and O–H groups in total. The Hall–Kier alpha value is -1.39. The molecule has 19 heavy (non-hydrogen) atoms. The van der Waals surface area contributed by atoms with Gasteiger partial charge in [-0.2, -0.15) is 4.98 Å². The van der Waals surface area contributed by atoms with E-state index in [0.29, 0.717) is 37.2 Å². The lowest BCUT2D eigenvalue weighted by molar-refractivity contribution is -0.151. The van der Waals surface area contributed by atoms with E-state index in [-0.39, 0.29) is 5.97 Å². The number of hydrogen-bond donors (Lipinski definition) is 0. The van der Waals surface area contributed by atoms with E-state index in [2.05, 4.69) is 17.1 Å². The molecular weight excluding hydrogens is 244 g/mol. The molecule has 106 valence electrons. The summed E-state index contributed by atoms with van der Waals surface area (Å²) in [6.07, 6.45) is 2.30. The van der Waals surface area contributed by atoms with Crippen LogP contribution in [-0.4, -0.2) is 22.7 Å². The number of nitrogens with zero attached hydrogens (tertiary/aromatic N) is 2. The van der Waals surface area contributed by atoms with Crippen molar-refractivity contribution < 1.29 is 14.1 Å². The molecule has 0 spiro atoms. The normalized spacial score (nSPS) is 22.3. The molecule has 0 bridgehead atoms. The first kappa shape index (κ1) is 14.0. The van der Waals surface area contributed by atoms with Gasteiger partial charge in [0.05, 0.1) is 6.61 Å². The molecule has 1 aliphatic carbocycles. The minimum absolute atomic E-state index is 0.265. The Balaban J connectivity index is 2.27. The van der Waals surface area contributed by atoms with Crippen molar-refractivity contribution >= 4 is 5.97 Å². The molecule has 1 aliphatic rings. The minimum Gasteiger partial charge on any atom is -0.465 e. The molecule has 0 aromatic carbocycles. The summed E-state index contributed by atoms with van der Waals surface area (Å²) in [7, 11) is 0. The van der Waals surface area contributed by atoms with Gasteiger partial charge in [0.15, 0.2) is 5.82 Å². The minimum atomic E-state index is -0.792. The van der Waals surface area contributed by atoms with Gasteiger partial charge in [0.2, 0.25) is 5.89 Å². The lowest BCUT2D eigenvalue weighted by atomic mass is 9.82. The monoisotopic (exact) mass is 266 g/mol. The highest BCUT2D eigenvalue weighted by Gasteiger charge is 2.46. The van der Waals surface area contributed by atoms with Crippen LogP contribution in [0.5, 0.6) is 0 Å². The number of rotatable bonds is 6. The summed E-state index contributed by atoms with van der Waals surface area (Å²) in [4.78, 5) is 16.7. The Labute approximate surface area is 113 Å². The second kappa shape index (κ2) is 5.31. The van der Waals surface area contributed by atoms with Gasteiger partial charge in [-0.05, 0) is 32.1 Å². The van der Waals surface area contributed by atoms with Crippen molar-refractivity contribution in [1.82, 2.24) is 10.1 Å². The molecule has 5 heteroatoms. The molecule has 5 nitrogen and oxygen atoms in total. The molecule has 2 unspecified atom stereocenters. The van der Waals surface area contributed by atoms with Crippen molar-refractivity contribution in [1.29, 1.82) is 0 Å². The lowest BCUT2D eigenvalue weighted by Gasteiger charge is -2.24. The maximum Gasteiger partial charge on any atom is 0.321 e. The maximum atomic E-state index is 12.2. The molecule has 2 rings (SSSR count). The van der Waals surface area contributed by atoms with Crippen LogP contribution in [0.2, 0.25) is 0 Å². The molecule has 1 heterocycles. The van der Waals surface area contributed by atoms with Crippen molar-refractivity contribution in [2.24, 2.45) is 5.92 Å². The highest BCUT2D eigenvalue weighted by Crippen LogP contribution is 2.46. The van der Waals surface area contributed by atoms with E-state index >= 15 is 0 Å². The van der Waals surface area contributed by atoms with Crippen LogP contribution in [-0.2, 0) is 14.9 Å². The fraction of sp³-hybridized carbons (Fsp3) is 0.786. The summed E-state index contributed by atoms with van der Waals surface area (Å²) in [5.41, 5.74) is -0.792. The van der Waals surface area contributed by atoms with Crippen LogP contribution in [0.4, 0.5) is 0 Å². The number of carbonyl (C=O) groups excluding carboxylic acids is 1. The summed E-state index contributed by atoms with van der Waals surface area (Å²) in [5.74, 6) is 1.89. The summed E-state index contributed by atoms with van der Waals surface area (Å²) >= 11 is 0. The largest absolute Gasteiger partial charge is 0.465 e. The van der Waals surface area contributed by atoms with Crippen LogP contribution < -0.4 is 0 Å². The Morgan fingerprint density at radius 2 is 2.05 bits per heavy atom. The van der Waals surface area contributed by atoms with Gasteiger partial charge in [0.25, 0.3) is 0 Å². The van der Waals surface area contributed by atoms with Gasteiger partial charge in [-0.15, -0.1) is 0 Å². The summed E-state index contributed by atoms with van der Waals surface area (Å²) in [6, 6.07) is 0. The molecule has 1 aromatic heterocycles. The quantitative estimate of drug-likeness (QED) is 0.741. The van der Waals surface area contributed by atoms with Crippen LogP contribution in [0, 0.1) is 5.92 Å². The number of aromatic nitrogens is 2. The zero-order valence-electron chi connectivity index (χ0n) is 12.1. The predicted octanol–water partition coefficient (Wildman–Crippen LogP) is 2.81. The third-order valence-corrected chi connectivity index (χ3v) is 4.17. The molecule has 0 amide bonds. The van der Waals surface area contributed by atoms with Crippen LogP contribution in [0.15, 0.2) is 4.52 Å². The maximum absolute atomic E-state index is 12.2. The average molecular weight is 266 g/mol. The Kier molecular flexibility index (Phi) is 3.92. The number of carbonyl (C=O) groups is 1. The number of hydrogen-bond acceptors (Lipinski definition) is 5. The van der Waals surface area contributed by atoms with Gasteiger partial charge in [0, 0.05) is 5.92 Å². The summed E-state index contributed by atoms with van der Waals surface area (Å²) in [6.45, 7) is 8.23. The fourth-order valence-electron chi connectivity index (χ4n) is 2.46. The van der Waals surface area contributed by atoms with Crippen molar-refractivity contribution in [3.8, 4) is 0 Å². The van der Waals surface area contributed by atoms with Gasteiger partial charge in [-0.3, -0.25) is 4.79 Å². The first-order valence-corrected chi connectivity index (χ1v) is 7.10. The molecule has 0 saturated heterocycles. The lowest BCUT2D eigenvalue weighted by Crippen LogP contribution is -2.36. The SMILES string of the molecule is CCOC(=O)C(CC)(CC)c1nc(C2CC2C)no1. The van der Waals surface area contributed by atoms with E-state index in [0.717, 1.165) is 12.2 Å². The summed E-state index contributed by atoms with van der Waals surface area (Å²) in [5, 5.41) is 4.04. The van der Waals surface area contributed by atoms with Gasteiger partial charge in [-0.25, -0.2) is 0 Å². The molecule has 1 aromatic rings. The second-order valence-corrected chi connectivity index (χ2v) is 5.29. The highest BCUT2D eigenvalue weighted by atomic mass is 16.5. The van der Waals surface area contributed by atoms with E-state index in [4.69, 9.17) is 9.26 Å². The second-order valence-electron chi connectivity index (χ2n) is 5.29. The van der Waals surface area contributed by atoms with Crippen LogP contribution in [0.1, 0.15) is 64.6 Å². The van der Waals surface area contributed by atoms with Crippen LogP contribution in [0.25, 0.3) is 0 Å². The van der Waals surface area contributed by atoms with Crippen molar-refractivity contribution in [2.75, 3.05) is 6.61 Å². The van der Waals surface area contributed by atoms with Crippen LogP contribution in [0.3, 0.4) is 0 Å². The zero-order valence-corrected chi connectivity index (χ0v) is 12.1. The average Bonchev–Trinajstić information content (AvgIpc) is 2.93. The van der Waals surface area contributed by atoms with Gasteiger partial charge in [-0.1, -0.05) is 25.9 Å². The van der Waals surface area contributed by atoms with Crippen molar-refractivity contribution in [3.63, 3.8) is 0 Å². The molecular formula is C14H22N2O3.